The zero-order chi connectivity index (χ0) is 11.9. The smallest absolute Gasteiger partial charge is 0.0950 e. The third-order valence-corrected chi connectivity index (χ3v) is 3.21. The molecule has 4 rings (SSSR count). The van der Waals surface area contributed by atoms with Gasteiger partial charge in [-0.05, 0) is 17.7 Å². The van der Waals surface area contributed by atoms with E-state index in [1.54, 1.807) is 0 Å². The Morgan fingerprint density at radius 1 is 0.889 bits per heavy atom. The molecule has 3 heteroatoms. The van der Waals surface area contributed by atoms with Crippen molar-refractivity contribution in [2.45, 2.75) is 0 Å². The number of aromatic nitrogens is 3. The van der Waals surface area contributed by atoms with E-state index in [9.17, 15) is 0 Å². The molecule has 0 fully saturated rings. The Bertz CT molecular complexity index is 825. The molecule has 0 saturated heterocycles. The quantitative estimate of drug-likeness (QED) is 0.536. The minimum atomic E-state index is 1.02. The molecule has 0 aliphatic carbocycles. The fraction of sp³-hybridized carbons (Fsp3) is 0. The van der Waals surface area contributed by atoms with E-state index in [0.29, 0.717) is 0 Å². The molecule has 0 bridgehead atoms. The summed E-state index contributed by atoms with van der Waals surface area (Å²) >= 11 is 0. The predicted molar refractivity (Wildman–Crippen MR) is 72.5 cm³/mol. The van der Waals surface area contributed by atoms with Gasteiger partial charge in [0.15, 0.2) is 0 Å². The number of hydrogen-bond acceptors (Lipinski definition) is 1. The molecule has 2 aromatic heterocycles. The molecule has 3 nitrogen and oxygen atoms in total. The zero-order valence-electron chi connectivity index (χ0n) is 9.67. The lowest BCUT2D eigenvalue weighted by Crippen LogP contribution is -1.86. The average molecular weight is 233 g/mol. The van der Waals surface area contributed by atoms with E-state index >= 15 is 0 Å². The summed E-state index contributed by atoms with van der Waals surface area (Å²) in [4.78, 5) is 0. The lowest BCUT2D eigenvalue weighted by atomic mass is 10.1. The number of nitrogens with one attached hydrogen (secondary N) is 1. The molecular weight excluding hydrogens is 222 g/mol. The highest BCUT2D eigenvalue weighted by Crippen LogP contribution is 2.24. The molecule has 0 amide bonds. The van der Waals surface area contributed by atoms with Crippen molar-refractivity contribution < 1.29 is 0 Å². The summed E-state index contributed by atoms with van der Waals surface area (Å²) in [5.41, 5.74) is 4.39. The molecule has 86 valence electrons. The molecule has 18 heavy (non-hydrogen) atoms. The second-order valence-electron chi connectivity index (χ2n) is 4.35. The lowest BCUT2D eigenvalue weighted by molar-refractivity contribution is 0.838. The molecule has 0 aliphatic heterocycles. The molecule has 0 unspecified atom stereocenters. The molecule has 0 saturated carbocycles. The molecule has 0 spiro atoms. The van der Waals surface area contributed by atoms with Crippen LogP contribution in [0.1, 0.15) is 0 Å². The van der Waals surface area contributed by atoms with E-state index < -0.39 is 0 Å². The first-order chi connectivity index (χ1) is 8.92. The number of nitrogens with zero attached hydrogens (tertiary/aromatic N) is 2. The Hall–Kier alpha value is -2.55. The van der Waals surface area contributed by atoms with Crippen LogP contribution < -0.4 is 0 Å². The molecule has 0 atom stereocenters. The summed E-state index contributed by atoms with van der Waals surface area (Å²) in [6.45, 7) is 0. The van der Waals surface area contributed by atoms with Crippen LogP contribution in [0.3, 0.4) is 0 Å². The molecule has 2 heterocycles. The minimum absolute atomic E-state index is 1.02. The number of benzene rings is 2. The van der Waals surface area contributed by atoms with Crippen molar-refractivity contribution in [1.82, 2.24) is 14.8 Å². The molecule has 2 aromatic carbocycles. The highest BCUT2D eigenvalue weighted by molar-refractivity contribution is 5.95. The first kappa shape index (κ1) is 9.48. The number of aromatic amines is 1. The number of hydrogen-bond donors (Lipinski definition) is 1. The Morgan fingerprint density at radius 2 is 1.67 bits per heavy atom. The second-order valence-corrected chi connectivity index (χ2v) is 4.35. The molecule has 0 aliphatic rings. The van der Waals surface area contributed by atoms with E-state index in [2.05, 4.69) is 34.5 Å². The third-order valence-electron chi connectivity index (χ3n) is 3.21. The van der Waals surface area contributed by atoms with Crippen molar-refractivity contribution in [2.75, 3.05) is 0 Å². The van der Waals surface area contributed by atoms with Gasteiger partial charge >= 0.3 is 0 Å². The third kappa shape index (κ3) is 1.27. The summed E-state index contributed by atoms with van der Waals surface area (Å²) in [5.74, 6) is 0. The molecule has 4 aromatic rings. The van der Waals surface area contributed by atoms with Crippen LogP contribution in [0.25, 0.3) is 27.7 Å². The van der Waals surface area contributed by atoms with Gasteiger partial charge in [-0.15, -0.1) is 0 Å². The van der Waals surface area contributed by atoms with Gasteiger partial charge in [-0.3, -0.25) is 5.10 Å². The molecule has 1 N–H and O–H groups in total. The van der Waals surface area contributed by atoms with Crippen molar-refractivity contribution in [3.63, 3.8) is 0 Å². The van der Waals surface area contributed by atoms with Crippen LogP contribution in [0, 0.1) is 0 Å². The average Bonchev–Trinajstić information content (AvgIpc) is 2.97. The van der Waals surface area contributed by atoms with Crippen molar-refractivity contribution in [1.29, 1.82) is 0 Å². The van der Waals surface area contributed by atoms with Crippen molar-refractivity contribution in [2.24, 2.45) is 0 Å². The topological polar surface area (TPSA) is 33.1 Å². The Balaban J connectivity index is 2.00. The zero-order valence-corrected chi connectivity index (χ0v) is 9.67. The van der Waals surface area contributed by atoms with Gasteiger partial charge in [0.05, 0.1) is 16.7 Å². The Kier molecular flexibility index (Phi) is 1.83. The maximum Gasteiger partial charge on any atom is 0.0950 e. The lowest BCUT2D eigenvalue weighted by Gasteiger charge is -1.94. The number of fused-ring (bicyclic) bond motifs is 3. The van der Waals surface area contributed by atoms with Gasteiger partial charge in [0.25, 0.3) is 0 Å². The van der Waals surface area contributed by atoms with Crippen molar-refractivity contribution in [3.05, 3.63) is 60.7 Å². The van der Waals surface area contributed by atoms with Crippen LogP contribution in [0.5, 0.6) is 0 Å². The summed E-state index contributed by atoms with van der Waals surface area (Å²) in [6, 6.07) is 20.6. The SMILES string of the molecule is c1ccc(-c2cc3c4ccccc4nn3[nH]2)cc1. The van der Waals surface area contributed by atoms with E-state index in [-0.39, 0.29) is 0 Å². The van der Waals surface area contributed by atoms with Gasteiger partial charge in [0.2, 0.25) is 0 Å². The minimum Gasteiger partial charge on any atom is -0.277 e. The normalized spacial score (nSPS) is 11.3. The summed E-state index contributed by atoms with van der Waals surface area (Å²) < 4.78 is 1.84. The predicted octanol–water partition coefficient (Wildman–Crippen LogP) is 3.48. The maximum absolute atomic E-state index is 4.52. The summed E-state index contributed by atoms with van der Waals surface area (Å²) in [7, 11) is 0. The van der Waals surface area contributed by atoms with Crippen molar-refractivity contribution >= 4 is 16.4 Å². The van der Waals surface area contributed by atoms with Crippen LogP contribution in [0.15, 0.2) is 60.7 Å². The number of H-pyrrole nitrogens is 1. The van der Waals surface area contributed by atoms with Gasteiger partial charge < -0.3 is 0 Å². The molecular formula is C15H11N3. The monoisotopic (exact) mass is 233 g/mol. The summed E-state index contributed by atoms with van der Waals surface area (Å²) in [5, 5.41) is 9.01. The van der Waals surface area contributed by atoms with Crippen LogP contribution >= 0.6 is 0 Å². The van der Waals surface area contributed by atoms with Crippen LogP contribution in [-0.4, -0.2) is 14.8 Å². The Labute approximate surface area is 104 Å². The van der Waals surface area contributed by atoms with Gasteiger partial charge in [-0.2, -0.15) is 9.73 Å². The largest absolute Gasteiger partial charge is 0.277 e. The van der Waals surface area contributed by atoms with Gasteiger partial charge in [-0.25, -0.2) is 0 Å². The highest BCUT2D eigenvalue weighted by Gasteiger charge is 2.08. The van der Waals surface area contributed by atoms with E-state index in [4.69, 9.17) is 0 Å². The Morgan fingerprint density at radius 3 is 2.56 bits per heavy atom. The highest BCUT2D eigenvalue weighted by atomic mass is 15.4. The van der Waals surface area contributed by atoms with Crippen molar-refractivity contribution in [3.8, 4) is 11.3 Å². The fourth-order valence-electron chi connectivity index (χ4n) is 2.33. The second kappa shape index (κ2) is 3.47. The van der Waals surface area contributed by atoms with Crippen LogP contribution in [0.4, 0.5) is 0 Å². The van der Waals surface area contributed by atoms with Crippen LogP contribution in [0.2, 0.25) is 0 Å². The summed E-state index contributed by atoms with van der Waals surface area (Å²) in [6.07, 6.45) is 0. The maximum atomic E-state index is 4.52. The fourth-order valence-corrected chi connectivity index (χ4v) is 2.33. The number of rotatable bonds is 1. The first-order valence-electron chi connectivity index (χ1n) is 5.94. The molecule has 0 radical (unpaired) electrons. The first-order valence-corrected chi connectivity index (χ1v) is 5.94. The van der Waals surface area contributed by atoms with E-state index in [1.807, 2.05) is 41.0 Å². The standard InChI is InChI=1S/C15H11N3/c1-2-6-11(7-3-1)14-10-15-12-8-4-5-9-13(12)16-18(15)17-14/h1-10,17H. The van der Waals surface area contributed by atoms with Gasteiger partial charge in [0, 0.05) is 5.39 Å². The van der Waals surface area contributed by atoms with E-state index in [1.165, 1.54) is 10.9 Å². The van der Waals surface area contributed by atoms with E-state index in [0.717, 1.165) is 16.7 Å². The van der Waals surface area contributed by atoms with Gasteiger partial charge in [-0.1, -0.05) is 48.5 Å². The van der Waals surface area contributed by atoms with Gasteiger partial charge in [0.1, 0.15) is 0 Å². The van der Waals surface area contributed by atoms with Crippen LogP contribution in [-0.2, 0) is 0 Å².